The topological polar surface area (TPSA) is 96.2 Å². The number of fused-ring (bicyclic) bond motifs is 1. The quantitative estimate of drug-likeness (QED) is 0.453. The molecule has 0 saturated heterocycles. The number of esters is 1. The van der Waals surface area contributed by atoms with E-state index in [9.17, 15) is 9.59 Å². The Kier molecular flexibility index (Phi) is 5.30. The van der Waals surface area contributed by atoms with Crippen LogP contribution >= 0.6 is 11.3 Å². The van der Waals surface area contributed by atoms with Crippen molar-refractivity contribution in [1.29, 1.82) is 0 Å². The van der Waals surface area contributed by atoms with Gasteiger partial charge >= 0.3 is 5.97 Å². The van der Waals surface area contributed by atoms with Crippen LogP contribution in [-0.4, -0.2) is 25.9 Å². The first-order valence-electron chi connectivity index (χ1n) is 8.74. The minimum Gasteiger partial charge on any atom is -0.487 e. The Morgan fingerprint density at radius 2 is 1.93 bits per heavy atom. The molecule has 9 heteroatoms. The van der Waals surface area contributed by atoms with Crippen molar-refractivity contribution in [3.05, 3.63) is 80.5 Å². The second-order valence-corrected chi connectivity index (χ2v) is 7.21. The maximum atomic E-state index is 12.4. The summed E-state index contributed by atoms with van der Waals surface area (Å²) in [6, 6.07) is 13.4. The van der Waals surface area contributed by atoms with E-state index in [0.29, 0.717) is 28.8 Å². The van der Waals surface area contributed by atoms with Gasteiger partial charge in [0.15, 0.2) is 6.73 Å². The molecule has 0 saturated carbocycles. The van der Waals surface area contributed by atoms with Gasteiger partial charge in [-0.1, -0.05) is 17.3 Å². The van der Waals surface area contributed by atoms with E-state index in [-0.39, 0.29) is 12.3 Å². The maximum absolute atomic E-state index is 12.4. The first kappa shape index (κ1) is 18.8. The van der Waals surface area contributed by atoms with Crippen LogP contribution in [-0.2, 0) is 18.1 Å². The van der Waals surface area contributed by atoms with E-state index in [0.717, 1.165) is 15.4 Å². The van der Waals surface area contributed by atoms with Gasteiger partial charge in [-0.3, -0.25) is 4.79 Å². The van der Waals surface area contributed by atoms with Crippen molar-refractivity contribution in [1.82, 2.24) is 20.0 Å². The fourth-order valence-corrected chi connectivity index (χ4v) is 3.23. The summed E-state index contributed by atoms with van der Waals surface area (Å²) in [5.41, 5.74) is 1.31. The van der Waals surface area contributed by atoms with Crippen LogP contribution in [0.4, 0.5) is 0 Å². The summed E-state index contributed by atoms with van der Waals surface area (Å²) < 4.78 is 11.8. The summed E-state index contributed by atoms with van der Waals surface area (Å²) in [6.07, 6.45) is 0. The average Bonchev–Trinajstić information content (AvgIpc) is 3.17. The highest BCUT2D eigenvalue weighted by Crippen LogP contribution is 2.16. The van der Waals surface area contributed by atoms with Gasteiger partial charge < -0.3 is 9.47 Å². The summed E-state index contributed by atoms with van der Waals surface area (Å²) in [7, 11) is 0. The number of benzene rings is 2. The Bertz CT molecular complexity index is 1220. The Morgan fingerprint density at radius 3 is 2.69 bits per heavy atom. The normalized spacial score (nSPS) is 10.8. The molecule has 4 aromatic rings. The lowest BCUT2D eigenvalue weighted by Gasteiger charge is -2.08. The van der Waals surface area contributed by atoms with Gasteiger partial charge in [-0.05, 0) is 43.3 Å². The van der Waals surface area contributed by atoms with Crippen LogP contribution in [0.25, 0.3) is 10.9 Å². The van der Waals surface area contributed by atoms with Crippen molar-refractivity contribution < 1.29 is 14.3 Å². The molecule has 0 atom stereocenters. The second-order valence-electron chi connectivity index (χ2n) is 6.14. The van der Waals surface area contributed by atoms with E-state index in [1.165, 1.54) is 0 Å². The molecule has 0 aliphatic heterocycles. The molecule has 0 radical (unpaired) electrons. The fourth-order valence-electron chi connectivity index (χ4n) is 2.63. The Hall–Kier alpha value is -3.59. The van der Waals surface area contributed by atoms with Crippen LogP contribution in [0.2, 0.25) is 0 Å². The fraction of sp³-hybridized carbons (Fsp3) is 0.150. The Balaban J connectivity index is 1.37. The van der Waals surface area contributed by atoms with Crippen LogP contribution in [0.5, 0.6) is 5.75 Å². The highest BCUT2D eigenvalue weighted by Gasteiger charge is 2.10. The van der Waals surface area contributed by atoms with E-state index >= 15 is 0 Å². The molecule has 0 unspecified atom stereocenters. The number of aromatic nitrogens is 4. The molecule has 8 nitrogen and oxygen atoms in total. The second kappa shape index (κ2) is 8.19. The van der Waals surface area contributed by atoms with Gasteiger partial charge in [0.1, 0.15) is 17.9 Å². The van der Waals surface area contributed by atoms with Gasteiger partial charge in [0.05, 0.1) is 21.7 Å². The third-order valence-corrected chi connectivity index (χ3v) is 4.91. The van der Waals surface area contributed by atoms with E-state index in [2.05, 4.69) is 15.3 Å². The average molecular weight is 408 g/mol. The molecule has 0 bridgehead atoms. The van der Waals surface area contributed by atoms with Gasteiger partial charge in [0, 0.05) is 5.38 Å². The third-order valence-electron chi connectivity index (χ3n) is 4.09. The zero-order valence-corrected chi connectivity index (χ0v) is 16.3. The van der Waals surface area contributed by atoms with Crippen LogP contribution < -0.4 is 10.3 Å². The van der Waals surface area contributed by atoms with Crippen molar-refractivity contribution in [2.75, 3.05) is 0 Å². The summed E-state index contributed by atoms with van der Waals surface area (Å²) in [5.74, 6) is 0.0392. The minimum absolute atomic E-state index is 0.322. The summed E-state index contributed by atoms with van der Waals surface area (Å²) in [6.45, 7) is 1.97. The smallest absolute Gasteiger partial charge is 0.339 e. The highest BCUT2D eigenvalue weighted by molar-refractivity contribution is 7.09. The molecule has 29 heavy (non-hydrogen) atoms. The minimum atomic E-state index is -0.575. The van der Waals surface area contributed by atoms with Gasteiger partial charge in [0.2, 0.25) is 0 Å². The largest absolute Gasteiger partial charge is 0.487 e. The van der Waals surface area contributed by atoms with Gasteiger partial charge in [-0.15, -0.1) is 16.4 Å². The standard InChI is InChI=1S/C20H16N4O4S/c1-13-21-15(11-29-13)10-27-16-8-6-14(7-9-16)20(26)28-12-24-19(25)17-4-2-3-5-18(17)22-23-24/h2-9,11H,10,12H2,1H3. The molecule has 2 aromatic carbocycles. The number of aryl methyl sites for hydroxylation is 1. The monoisotopic (exact) mass is 408 g/mol. The van der Waals surface area contributed by atoms with Gasteiger partial charge in [0.25, 0.3) is 5.56 Å². The number of hydrogen-bond acceptors (Lipinski definition) is 8. The lowest BCUT2D eigenvalue weighted by molar-refractivity contribution is 0.0336. The van der Waals surface area contributed by atoms with Gasteiger partial charge in [-0.2, -0.15) is 4.68 Å². The number of thiazole rings is 1. The van der Waals surface area contributed by atoms with Crippen molar-refractivity contribution >= 4 is 28.2 Å². The predicted molar refractivity (Wildman–Crippen MR) is 107 cm³/mol. The molecule has 0 spiro atoms. The zero-order valence-electron chi connectivity index (χ0n) is 15.4. The third kappa shape index (κ3) is 4.30. The van der Waals surface area contributed by atoms with Crippen molar-refractivity contribution in [3.63, 3.8) is 0 Å². The lowest BCUT2D eigenvalue weighted by atomic mass is 10.2. The number of rotatable bonds is 6. The van der Waals surface area contributed by atoms with Crippen molar-refractivity contribution in [2.45, 2.75) is 20.3 Å². The number of hydrogen-bond donors (Lipinski definition) is 0. The molecule has 0 N–H and O–H groups in total. The molecule has 0 aliphatic rings. The molecule has 4 rings (SSSR count). The molecule has 2 heterocycles. The van der Waals surface area contributed by atoms with Crippen LogP contribution in [0.3, 0.4) is 0 Å². The Labute approximate surface area is 169 Å². The first-order valence-corrected chi connectivity index (χ1v) is 9.61. The summed E-state index contributed by atoms with van der Waals surface area (Å²) in [4.78, 5) is 28.9. The molecular formula is C20H16N4O4S. The number of nitrogens with zero attached hydrogens (tertiary/aromatic N) is 4. The summed E-state index contributed by atoms with van der Waals surface area (Å²) in [5, 5.41) is 11.1. The molecule has 0 aliphatic carbocycles. The van der Waals surface area contributed by atoms with Gasteiger partial charge in [-0.25, -0.2) is 9.78 Å². The van der Waals surface area contributed by atoms with Crippen LogP contribution in [0.15, 0.2) is 58.7 Å². The van der Waals surface area contributed by atoms with Crippen LogP contribution in [0.1, 0.15) is 21.1 Å². The zero-order chi connectivity index (χ0) is 20.2. The lowest BCUT2D eigenvalue weighted by Crippen LogP contribution is -2.26. The van der Waals surface area contributed by atoms with Crippen molar-refractivity contribution in [3.8, 4) is 5.75 Å². The molecular weight excluding hydrogens is 392 g/mol. The summed E-state index contributed by atoms with van der Waals surface area (Å²) >= 11 is 1.56. The molecule has 2 aromatic heterocycles. The number of carbonyl (C=O) groups excluding carboxylic acids is 1. The number of ether oxygens (including phenoxy) is 2. The van der Waals surface area contributed by atoms with Crippen LogP contribution in [0, 0.1) is 6.92 Å². The predicted octanol–water partition coefficient (Wildman–Crippen LogP) is 2.95. The highest BCUT2D eigenvalue weighted by atomic mass is 32.1. The maximum Gasteiger partial charge on any atom is 0.339 e. The Morgan fingerprint density at radius 1 is 1.14 bits per heavy atom. The van der Waals surface area contributed by atoms with Crippen molar-refractivity contribution in [2.24, 2.45) is 0 Å². The first-order chi connectivity index (χ1) is 14.1. The molecule has 146 valence electrons. The number of carbonyl (C=O) groups is 1. The van der Waals surface area contributed by atoms with E-state index in [1.807, 2.05) is 12.3 Å². The van der Waals surface area contributed by atoms with E-state index in [1.54, 1.807) is 59.9 Å². The molecule has 0 fully saturated rings. The molecule has 0 amide bonds. The van der Waals surface area contributed by atoms with E-state index in [4.69, 9.17) is 9.47 Å². The SMILES string of the molecule is Cc1nc(COc2ccc(C(=O)OCn3nnc4ccccc4c3=O)cc2)cs1. The van der Waals surface area contributed by atoms with E-state index < -0.39 is 5.97 Å².